The number of benzene rings is 1. The highest BCUT2D eigenvalue weighted by molar-refractivity contribution is 5.61. The van der Waals surface area contributed by atoms with Crippen LogP contribution in [0.3, 0.4) is 0 Å². The zero-order valence-corrected chi connectivity index (χ0v) is 14.7. The van der Waals surface area contributed by atoms with Gasteiger partial charge in [0.1, 0.15) is 5.82 Å². The van der Waals surface area contributed by atoms with Crippen molar-refractivity contribution in [3.05, 3.63) is 71.2 Å². The third-order valence-corrected chi connectivity index (χ3v) is 5.27. The second-order valence-corrected chi connectivity index (χ2v) is 6.90. The van der Waals surface area contributed by atoms with Crippen LogP contribution in [0.25, 0.3) is 11.4 Å². The molecule has 26 heavy (non-hydrogen) atoms. The third kappa shape index (κ3) is 2.74. The Morgan fingerprint density at radius 2 is 1.88 bits per heavy atom. The van der Waals surface area contributed by atoms with Gasteiger partial charge in [-0.2, -0.15) is 0 Å². The van der Waals surface area contributed by atoms with Gasteiger partial charge in [-0.3, -0.25) is 4.98 Å². The number of hydrogen-bond acceptors (Lipinski definition) is 5. The van der Waals surface area contributed by atoms with Gasteiger partial charge < -0.3 is 10.2 Å². The van der Waals surface area contributed by atoms with Crippen molar-refractivity contribution in [3.63, 3.8) is 0 Å². The summed E-state index contributed by atoms with van der Waals surface area (Å²) in [4.78, 5) is 16.5. The molecule has 5 nitrogen and oxygen atoms in total. The number of pyridine rings is 1. The fourth-order valence-corrected chi connectivity index (χ4v) is 3.90. The van der Waals surface area contributed by atoms with Gasteiger partial charge in [0.2, 0.25) is 0 Å². The van der Waals surface area contributed by atoms with E-state index < -0.39 is 0 Å². The molecule has 0 bridgehead atoms. The Bertz CT molecular complexity index is 938. The molecule has 130 valence electrons. The van der Waals surface area contributed by atoms with Crippen LogP contribution in [0, 0.1) is 0 Å². The minimum Gasteiger partial charge on any atom is -0.352 e. The molecule has 5 heteroatoms. The molecular weight excluding hydrogens is 322 g/mol. The smallest absolute Gasteiger partial charge is 0.163 e. The SMILES string of the molecule is c1cncc(-c2nc3c(c(N4CCc5ccccc5C4)n2)CCNC3)c1. The van der Waals surface area contributed by atoms with Gasteiger partial charge in [-0.15, -0.1) is 0 Å². The maximum absolute atomic E-state index is 5.00. The maximum atomic E-state index is 5.00. The summed E-state index contributed by atoms with van der Waals surface area (Å²) < 4.78 is 0. The predicted octanol–water partition coefficient (Wildman–Crippen LogP) is 2.75. The summed E-state index contributed by atoms with van der Waals surface area (Å²) in [5.41, 5.74) is 6.26. The van der Waals surface area contributed by atoms with Crippen molar-refractivity contribution < 1.29 is 0 Å². The van der Waals surface area contributed by atoms with Crippen LogP contribution in [0.1, 0.15) is 22.4 Å². The lowest BCUT2D eigenvalue weighted by atomic mass is 9.98. The van der Waals surface area contributed by atoms with Crippen LogP contribution in [-0.4, -0.2) is 28.0 Å². The molecule has 0 saturated carbocycles. The van der Waals surface area contributed by atoms with Crippen LogP contribution in [0.15, 0.2) is 48.8 Å². The van der Waals surface area contributed by atoms with E-state index in [0.29, 0.717) is 0 Å². The van der Waals surface area contributed by atoms with E-state index in [1.165, 1.54) is 16.7 Å². The topological polar surface area (TPSA) is 53.9 Å². The lowest BCUT2D eigenvalue weighted by Crippen LogP contribution is -2.34. The molecule has 4 heterocycles. The van der Waals surface area contributed by atoms with Gasteiger partial charge in [-0.1, -0.05) is 24.3 Å². The number of nitrogens with zero attached hydrogens (tertiary/aromatic N) is 4. The quantitative estimate of drug-likeness (QED) is 0.775. The van der Waals surface area contributed by atoms with Gasteiger partial charge in [0, 0.05) is 43.2 Å². The first kappa shape index (κ1) is 15.5. The van der Waals surface area contributed by atoms with Gasteiger partial charge in [0.15, 0.2) is 5.82 Å². The summed E-state index contributed by atoms with van der Waals surface area (Å²) in [6, 6.07) is 12.7. The lowest BCUT2D eigenvalue weighted by Gasteiger charge is -2.33. The molecule has 1 N–H and O–H groups in total. The first-order valence-electron chi connectivity index (χ1n) is 9.21. The van der Waals surface area contributed by atoms with Gasteiger partial charge in [0.05, 0.1) is 5.69 Å². The summed E-state index contributed by atoms with van der Waals surface area (Å²) in [5.74, 6) is 1.87. The lowest BCUT2D eigenvalue weighted by molar-refractivity contribution is 0.615. The van der Waals surface area contributed by atoms with E-state index in [9.17, 15) is 0 Å². The Balaban J connectivity index is 1.59. The molecule has 0 saturated heterocycles. The number of hydrogen-bond donors (Lipinski definition) is 1. The fraction of sp³-hybridized carbons (Fsp3) is 0.286. The summed E-state index contributed by atoms with van der Waals surface area (Å²) in [5, 5.41) is 3.44. The number of rotatable bonds is 2. The van der Waals surface area contributed by atoms with Crippen LogP contribution in [-0.2, 0) is 25.9 Å². The molecule has 1 aromatic carbocycles. The number of nitrogens with one attached hydrogen (secondary N) is 1. The van der Waals surface area contributed by atoms with E-state index in [2.05, 4.69) is 39.5 Å². The maximum Gasteiger partial charge on any atom is 0.163 e. The van der Waals surface area contributed by atoms with Crippen LogP contribution in [0.5, 0.6) is 0 Å². The molecule has 0 fully saturated rings. The molecule has 0 amide bonds. The molecule has 0 unspecified atom stereocenters. The summed E-state index contributed by atoms with van der Waals surface area (Å²) in [6.45, 7) is 3.71. The highest BCUT2D eigenvalue weighted by Gasteiger charge is 2.24. The highest BCUT2D eigenvalue weighted by atomic mass is 15.2. The molecule has 2 aliphatic rings. The Kier molecular flexibility index (Phi) is 3.87. The number of aromatic nitrogens is 3. The summed E-state index contributed by atoms with van der Waals surface area (Å²) in [6.07, 6.45) is 5.67. The van der Waals surface area contributed by atoms with Crippen molar-refractivity contribution in [1.82, 2.24) is 20.3 Å². The second kappa shape index (κ2) is 6.50. The predicted molar refractivity (Wildman–Crippen MR) is 102 cm³/mol. The Hall–Kier alpha value is -2.79. The van der Waals surface area contributed by atoms with Crippen LogP contribution in [0.4, 0.5) is 5.82 Å². The molecule has 0 spiro atoms. The molecular formula is C21H21N5. The largest absolute Gasteiger partial charge is 0.352 e. The zero-order chi connectivity index (χ0) is 17.3. The zero-order valence-electron chi connectivity index (χ0n) is 14.7. The molecule has 3 aromatic rings. The van der Waals surface area contributed by atoms with Gasteiger partial charge >= 0.3 is 0 Å². The normalized spacial score (nSPS) is 16.1. The van der Waals surface area contributed by atoms with Crippen molar-refractivity contribution in [1.29, 1.82) is 0 Å². The summed E-state index contributed by atoms with van der Waals surface area (Å²) in [7, 11) is 0. The minimum atomic E-state index is 0.773. The number of anilines is 1. The fourth-order valence-electron chi connectivity index (χ4n) is 3.90. The first-order valence-corrected chi connectivity index (χ1v) is 9.21. The van der Waals surface area contributed by atoms with Gasteiger partial charge in [-0.05, 0) is 42.6 Å². The van der Waals surface area contributed by atoms with Crippen molar-refractivity contribution in [2.45, 2.75) is 25.9 Å². The number of fused-ring (bicyclic) bond motifs is 2. The highest BCUT2D eigenvalue weighted by Crippen LogP contribution is 2.30. The van der Waals surface area contributed by atoms with Crippen molar-refractivity contribution in [3.8, 4) is 11.4 Å². The van der Waals surface area contributed by atoms with E-state index in [1.54, 1.807) is 6.20 Å². The Morgan fingerprint density at radius 1 is 0.962 bits per heavy atom. The van der Waals surface area contributed by atoms with Crippen LogP contribution in [0.2, 0.25) is 0 Å². The standard InChI is InChI=1S/C21H21N5/c1-2-5-17-14-26(11-8-15(17)4-1)21-18-7-10-23-13-19(18)24-20(25-21)16-6-3-9-22-12-16/h1-6,9,12,23H,7-8,10-11,13-14H2. The molecule has 2 aromatic heterocycles. The second-order valence-electron chi connectivity index (χ2n) is 6.90. The van der Waals surface area contributed by atoms with Crippen molar-refractivity contribution in [2.75, 3.05) is 18.0 Å². The Labute approximate surface area is 153 Å². The van der Waals surface area contributed by atoms with Crippen LogP contribution >= 0.6 is 0 Å². The van der Waals surface area contributed by atoms with Crippen molar-refractivity contribution in [2.24, 2.45) is 0 Å². The average Bonchev–Trinajstić information content (AvgIpc) is 2.73. The van der Waals surface area contributed by atoms with E-state index in [0.717, 1.165) is 61.9 Å². The first-order chi connectivity index (χ1) is 12.9. The monoisotopic (exact) mass is 343 g/mol. The van der Waals surface area contributed by atoms with Gasteiger partial charge in [0.25, 0.3) is 0 Å². The molecule has 0 atom stereocenters. The minimum absolute atomic E-state index is 0.773. The average molecular weight is 343 g/mol. The van der Waals surface area contributed by atoms with E-state index >= 15 is 0 Å². The molecule has 0 radical (unpaired) electrons. The van der Waals surface area contributed by atoms with Crippen LogP contribution < -0.4 is 10.2 Å². The molecule has 0 aliphatic carbocycles. The van der Waals surface area contributed by atoms with E-state index in [1.807, 2.05) is 18.3 Å². The Morgan fingerprint density at radius 3 is 2.77 bits per heavy atom. The van der Waals surface area contributed by atoms with Crippen molar-refractivity contribution >= 4 is 5.82 Å². The van der Waals surface area contributed by atoms with E-state index in [-0.39, 0.29) is 0 Å². The summed E-state index contributed by atoms with van der Waals surface area (Å²) >= 11 is 0. The molecule has 2 aliphatic heterocycles. The molecule has 5 rings (SSSR count). The third-order valence-electron chi connectivity index (χ3n) is 5.27. The van der Waals surface area contributed by atoms with E-state index in [4.69, 9.17) is 9.97 Å². The van der Waals surface area contributed by atoms with Gasteiger partial charge in [-0.25, -0.2) is 9.97 Å².